The zero-order valence-corrected chi connectivity index (χ0v) is 11.3. The Hall–Kier alpha value is -0.770. The maximum absolute atomic E-state index is 11.4. The molecule has 0 bridgehead atoms. The molecule has 96 valence electrons. The first-order valence-electron chi connectivity index (χ1n) is 5.66. The molecule has 0 aromatic heterocycles. The lowest BCUT2D eigenvalue weighted by Gasteiger charge is -2.27. The van der Waals surface area contributed by atoms with Gasteiger partial charge in [-0.15, -0.1) is 0 Å². The molecule has 1 atom stereocenters. The number of carbonyl (C=O) groups is 1. The maximum atomic E-state index is 11.4. The van der Waals surface area contributed by atoms with E-state index in [1.807, 2.05) is 41.5 Å². The highest BCUT2D eigenvalue weighted by molar-refractivity contribution is 5.68. The number of amides is 1. The third-order valence-electron chi connectivity index (χ3n) is 2.05. The van der Waals surface area contributed by atoms with Gasteiger partial charge in [0.1, 0.15) is 5.60 Å². The van der Waals surface area contributed by atoms with Crippen LogP contribution < -0.4 is 5.32 Å². The van der Waals surface area contributed by atoms with Crippen molar-refractivity contribution < 1.29 is 14.6 Å². The fourth-order valence-electron chi connectivity index (χ4n) is 1.45. The predicted molar refractivity (Wildman–Crippen MR) is 64.3 cm³/mol. The first-order valence-corrected chi connectivity index (χ1v) is 5.66. The monoisotopic (exact) mass is 231 g/mol. The number of nitrogens with one attached hydrogen (secondary N) is 1. The Morgan fingerprint density at radius 3 is 2.19 bits per heavy atom. The summed E-state index contributed by atoms with van der Waals surface area (Å²) in [6, 6.07) is -0.0167. The number of carbonyl (C=O) groups excluding carboxylic acids is 1. The van der Waals surface area contributed by atoms with Crippen LogP contribution in [0.1, 0.15) is 48.0 Å². The summed E-state index contributed by atoms with van der Waals surface area (Å²) in [5.74, 6) is 0. The van der Waals surface area contributed by atoms with Crippen LogP contribution in [0.15, 0.2) is 0 Å². The zero-order chi connectivity index (χ0) is 13.0. The van der Waals surface area contributed by atoms with Crippen LogP contribution in [0.2, 0.25) is 0 Å². The highest BCUT2D eigenvalue weighted by atomic mass is 16.6. The Labute approximate surface area is 98.4 Å². The molecule has 0 saturated carbocycles. The van der Waals surface area contributed by atoms with Crippen LogP contribution in [0, 0.1) is 5.41 Å². The van der Waals surface area contributed by atoms with Crippen molar-refractivity contribution in [1.29, 1.82) is 0 Å². The van der Waals surface area contributed by atoms with Crippen LogP contribution in [-0.2, 0) is 4.74 Å². The van der Waals surface area contributed by atoms with Crippen LogP contribution in [0.25, 0.3) is 0 Å². The van der Waals surface area contributed by atoms with Gasteiger partial charge in [-0.3, -0.25) is 0 Å². The Morgan fingerprint density at radius 2 is 1.81 bits per heavy atom. The molecule has 0 spiro atoms. The second-order valence-corrected chi connectivity index (χ2v) is 6.07. The third-order valence-corrected chi connectivity index (χ3v) is 2.05. The van der Waals surface area contributed by atoms with E-state index in [9.17, 15) is 4.79 Å². The molecule has 0 aliphatic carbocycles. The summed E-state index contributed by atoms with van der Waals surface area (Å²) in [4.78, 5) is 11.4. The Morgan fingerprint density at radius 1 is 1.31 bits per heavy atom. The topological polar surface area (TPSA) is 58.6 Å². The fourth-order valence-corrected chi connectivity index (χ4v) is 1.45. The van der Waals surface area contributed by atoms with Crippen LogP contribution in [0.4, 0.5) is 4.79 Å². The van der Waals surface area contributed by atoms with Crippen molar-refractivity contribution in [3.05, 3.63) is 0 Å². The van der Waals surface area contributed by atoms with Crippen molar-refractivity contribution in [1.82, 2.24) is 5.32 Å². The smallest absolute Gasteiger partial charge is 0.407 e. The molecule has 0 saturated heterocycles. The molecule has 16 heavy (non-hydrogen) atoms. The minimum atomic E-state index is -0.476. The normalized spacial score (nSPS) is 14.4. The van der Waals surface area contributed by atoms with E-state index in [-0.39, 0.29) is 18.1 Å². The first-order chi connectivity index (χ1) is 7.06. The summed E-state index contributed by atoms with van der Waals surface area (Å²) in [5.41, 5.74) is -0.662. The van der Waals surface area contributed by atoms with E-state index in [0.29, 0.717) is 6.42 Å². The van der Waals surface area contributed by atoms with E-state index < -0.39 is 11.7 Å². The van der Waals surface area contributed by atoms with E-state index in [1.54, 1.807) is 0 Å². The average Bonchev–Trinajstić information content (AvgIpc) is 1.98. The molecule has 0 heterocycles. The molecule has 0 radical (unpaired) electrons. The van der Waals surface area contributed by atoms with Crippen molar-refractivity contribution >= 4 is 6.09 Å². The molecule has 0 aliphatic heterocycles. The fraction of sp³-hybridized carbons (Fsp3) is 0.917. The predicted octanol–water partition coefficient (Wildman–Crippen LogP) is 2.31. The molecule has 0 aliphatic rings. The molecule has 4 heteroatoms. The maximum Gasteiger partial charge on any atom is 0.407 e. The van der Waals surface area contributed by atoms with Gasteiger partial charge in [0.25, 0.3) is 0 Å². The number of aliphatic hydroxyl groups is 1. The second-order valence-electron chi connectivity index (χ2n) is 6.07. The van der Waals surface area contributed by atoms with Gasteiger partial charge in [0.2, 0.25) is 0 Å². The molecule has 0 fully saturated rings. The molecular formula is C12H25NO3. The van der Waals surface area contributed by atoms with Gasteiger partial charge in [0.05, 0.1) is 0 Å². The van der Waals surface area contributed by atoms with Gasteiger partial charge >= 0.3 is 6.09 Å². The van der Waals surface area contributed by atoms with Crippen molar-refractivity contribution in [3.8, 4) is 0 Å². The van der Waals surface area contributed by atoms with Gasteiger partial charge in [-0.05, 0) is 39.5 Å². The van der Waals surface area contributed by atoms with E-state index in [2.05, 4.69) is 5.32 Å². The minimum absolute atomic E-state index is 0.0167. The van der Waals surface area contributed by atoms with Gasteiger partial charge in [0, 0.05) is 12.6 Å². The highest BCUT2D eigenvalue weighted by Crippen LogP contribution is 2.21. The van der Waals surface area contributed by atoms with Gasteiger partial charge in [-0.2, -0.15) is 0 Å². The number of alkyl carbamates (subject to hydrolysis) is 1. The molecular weight excluding hydrogens is 206 g/mol. The summed E-state index contributed by atoms with van der Waals surface area (Å²) in [5, 5.41) is 11.9. The second kappa shape index (κ2) is 5.53. The SMILES string of the molecule is C[C@H](CC(C)(C)CO)NC(=O)OC(C)(C)C. The molecule has 0 aromatic rings. The molecule has 2 N–H and O–H groups in total. The van der Waals surface area contributed by atoms with Gasteiger partial charge in [-0.25, -0.2) is 4.79 Å². The summed E-state index contributed by atoms with van der Waals surface area (Å²) in [6.07, 6.45) is 0.302. The zero-order valence-electron chi connectivity index (χ0n) is 11.3. The van der Waals surface area contributed by atoms with Gasteiger partial charge in [-0.1, -0.05) is 13.8 Å². The van der Waals surface area contributed by atoms with Crippen LogP contribution in [-0.4, -0.2) is 29.4 Å². The largest absolute Gasteiger partial charge is 0.444 e. The van der Waals surface area contributed by atoms with Crippen LogP contribution in [0.3, 0.4) is 0 Å². The molecule has 1 amide bonds. The van der Waals surface area contributed by atoms with Gasteiger partial charge < -0.3 is 15.2 Å². The Balaban J connectivity index is 4.06. The number of rotatable bonds is 4. The average molecular weight is 231 g/mol. The molecule has 4 nitrogen and oxygen atoms in total. The lowest BCUT2D eigenvalue weighted by atomic mass is 9.87. The quantitative estimate of drug-likeness (QED) is 0.780. The minimum Gasteiger partial charge on any atom is -0.444 e. The van der Waals surface area contributed by atoms with Crippen molar-refractivity contribution in [2.24, 2.45) is 5.41 Å². The highest BCUT2D eigenvalue weighted by Gasteiger charge is 2.23. The number of hydrogen-bond acceptors (Lipinski definition) is 3. The summed E-state index contributed by atoms with van der Waals surface area (Å²) in [7, 11) is 0. The van der Waals surface area contributed by atoms with Crippen molar-refractivity contribution in [3.63, 3.8) is 0 Å². The van der Waals surface area contributed by atoms with E-state index in [0.717, 1.165) is 0 Å². The molecule has 0 unspecified atom stereocenters. The van der Waals surface area contributed by atoms with Gasteiger partial charge in [0.15, 0.2) is 0 Å². The Bertz CT molecular complexity index is 231. The van der Waals surface area contributed by atoms with E-state index in [1.165, 1.54) is 0 Å². The van der Waals surface area contributed by atoms with Crippen LogP contribution >= 0.6 is 0 Å². The number of ether oxygens (including phenoxy) is 1. The third kappa shape index (κ3) is 7.51. The lowest BCUT2D eigenvalue weighted by Crippen LogP contribution is -2.40. The molecule has 0 aromatic carbocycles. The Kier molecular flexibility index (Phi) is 5.26. The van der Waals surface area contributed by atoms with E-state index in [4.69, 9.17) is 9.84 Å². The summed E-state index contributed by atoms with van der Waals surface area (Å²) >= 11 is 0. The van der Waals surface area contributed by atoms with Crippen molar-refractivity contribution in [2.75, 3.05) is 6.61 Å². The standard InChI is InChI=1S/C12H25NO3/c1-9(7-12(5,6)8-14)13-10(15)16-11(2,3)4/h9,14H,7-8H2,1-6H3,(H,13,15)/t9-/m1/s1. The van der Waals surface area contributed by atoms with Crippen LogP contribution in [0.5, 0.6) is 0 Å². The lowest BCUT2D eigenvalue weighted by molar-refractivity contribution is 0.0484. The van der Waals surface area contributed by atoms with Crippen molar-refractivity contribution in [2.45, 2.75) is 59.6 Å². The summed E-state index contributed by atoms with van der Waals surface area (Å²) < 4.78 is 5.14. The number of hydrogen-bond donors (Lipinski definition) is 2. The number of aliphatic hydroxyl groups excluding tert-OH is 1. The molecule has 0 rings (SSSR count). The van der Waals surface area contributed by atoms with E-state index >= 15 is 0 Å². The summed E-state index contributed by atoms with van der Waals surface area (Å²) in [6.45, 7) is 11.4. The first kappa shape index (κ1) is 15.2.